The molecule has 162 valence electrons. The highest BCUT2D eigenvalue weighted by Gasteiger charge is 2.27. The number of aryl methyl sites for hydroxylation is 1. The lowest BCUT2D eigenvalue weighted by atomic mass is 9.95. The van der Waals surface area contributed by atoms with Crippen LogP contribution in [-0.2, 0) is 4.79 Å². The third-order valence-corrected chi connectivity index (χ3v) is 6.52. The number of rotatable bonds is 4. The Balaban J connectivity index is 1.35. The lowest BCUT2D eigenvalue weighted by molar-refractivity contribution is -0.120. The van der Waals surface area contributed by atoms with Crippen molar-refractivity contribution in [1.29, 1.82) is 0 Å². The Labute approximate surface area is 189 Å². The number of nitrogen functional groups attached to an aromatic ring is 1. The molecule has 0 atom stereocenters. The highest BCUT2D eigenvalue weighted by Crippen LogP contribution is 2.30. The Morgan fingerprint density at radius 2 is 2.00 bits per heavy atom. The van der Waals surface area contributed by atoms with E-state index in [1.807, 2.05) is 48.7 Å². The fourth-order valence-corrected chi connectivity index (χ4v) is 4.67. The fraction of sp³-hybridized carbons (Fsp3) is 0.261. The molecule has 0 radical (unpaired) electrons. The molecule has 9 heteroatoms. The third kappa shape index (κ3) is 4.11. The van der Waals surface area contributed by atoms with Gasteiger partial charge in [-0.15, -0.1) is 11.3 Å². The number of nitrogens with one attached hydrogen (secondary N) is 1. The van der Waals surface area contributed by atoms with Crippen molar-refractivity contribution in [2.45, 2.75) is 19.8 Å². The first-order valence-electron chi connectivity index (χ1n) is 10.5. The van der Waals surface area contributed by atoms with Gasteiger partial charge < -0.3 is 16.0 Å². The molecule has 0 bridgehead atoms. The van der Waals surface area contributed by atoms with E-state index in [1.165, 1.54) is 0 Å². The van der Waals surface area contributed by atoms with Crippen LogP contribution < -0.4 is 16.0 Å². The first kappa shape index (κ1) is 20.3. The average molecular weight is 446 g/mol. The number of piperidine rings is 1. The molecule has 0 aliphatic carbocycles. The second-order valence-electron chi connectivity index (χ2n) is 7.93. The van der Waals surface area contributed by atoms with Gasteiger partial charge in [0.05, 0.1) is 16.8 Å². The molecular formula is C23H23N7OS. The van der Waals surface area contributed by atoms with E-state index in [2.05, 4.69) is 25.2 Å². The summed E-state index contributed by atoms with van der Waals surface area (Å²) < 4.78 is 0. The Morgan fingerprint density at radius 3 is 2.75 bits per heavy atom. The molecule has 5 rings (SSSR count). The maximum absolute atomic E-state index is 12.8. The number of aromatic nitrogens is 4. The number of hydrogen-bond acceptors (Lipinski definition) is 8. The molecule has 1 fully saturated rings. The summed E-state index contributed by atoms with van der Waals surface area (Å²) in [4.78, 5) is 33.9. The number of nitrogens with two attached hydrogens (primary N) is 1. The number of anilines is 3. The molecule has 1 aliphatic heterocycles. The van der Waals surface area contributed by atoms with E-state index < -0.39 is 0 Å². The lowest BCUT2D eigenvalue weighted by Gasteiger charge is -2.32. The van der Waals surface area contributed by atoms with E-state index >= 15 is 0 Å². The molecule has 3 N–H and O–H groups in total. The van der Waals surface area contributed by atoms with Crippen molar-refractivity contribution in [2.75, 3.05) is 29.0 Å². The van der Waals surface area contributed by atoms with Crippen molar-refractivity contribution >= 4 is 45.9 Å². The number of amides is 1. The monoisotopic (exact) mass is 445 g/mol. The van der Waals surface area contributed by atoms with Crippen LogP contribution in [-0.4, -0.2) is 38.9 Å². The predicted octanol–water partition coefficient (Wildman–Crippen LogP) is 3.89. The highest BCUT2D eigenvalue weighted by atomic mass is 32.1. The largest absolute Gasteiger partial charge is 0.368 e. The maximum atomic E-state index is 12.8. The summed E-state index contributed by atoms with van der Waals surface area (Å²) in [6, 6.07) is 11.9. The van der Waals surface area contributed by atoms with Crippen molar-refractivity contribution < 1.29 is 4.79 Å². The van der Waals surface area contributed by atoms with Crippen molar-refractivity contribution in [3.63, 3.8) is 0 Å². The van der Waals surface area contributed by atoms with Crippen molar-refractivity contribution in [3.8, 4) is 10.6 Å². The first-order chi connectivity index (χ1) is 15.6. The molecule has 8 nitrogen and oxygen atoms in total. The van der Waals surface area contributed by atoms with Gasteiger partial charge >= 0.3 is 0 Å². The van der Waals surface area contributed by atoms with Crippen LogP contribution >= 0.6 is 11.3 Å². The van der Waals surface area contributed by atoms with E-state index in [4.69, 9.17) is 10.7 Å². The standard InChI is InChI=1S/C23H23N7OS/c1-14-4-2-5-16(12-14)26-22(31)15-7-9-30(10-8-15)21-19-20(28-23(24)29-21)25-13-17(27-19)18-6-3-11-32-18/h2-6,11-13,15H,7-10H2,1H3,(H,26,31)(H2,24,25,28,29). The summed E-state index contributed by atoms with van der Waals surface area (Å²) in [7, 11) is 0. The molecule has 3 aromatic heterocycles. The summed E-state index contributed by atoms with van der Waals surface area (Å²) in [5, 5.41) is 5.05. The zero-order chi connectivity index (χ0) is 22.1. The van der Waals surface area contributed by atoms with Gasteiger partial charge in [-0.1, -0.05) is 18.2 Å². The maximum Gasteiger partial charge on any atom is 0.227 e. The molecule has 0 unspecified atom stereocenters. The Bertz CT molecular complexity index is 1270. The zero-order valence-electron chi connectivity index (χ0n) is 17.7. The highest BCUT2D eigenvalue weighted by molar-refractivity contribution is 7.13. The summed E-state index contributed by atoms with van der Waals surface area (Å²) in [5.74, 6) is 0.855. The zero-order valence-corrected chi connectivity index (χ0v) is 18.5. The van der Waals surface area contributed by atoms with Gasteiger partial charge in [0.2, 0.25) is 11.9 Å². The molecule has 1 saturated heterocycles. The fourth-order valence-electron chi connectivity index (χ4n) is 3.99. The molecule has 1 aliphatic rings. The second kappa shape index (κ2) is 8.51. The number of fused-ring (bicyclic) bond motifs is 1. The van der Waals surface area contributed by atoms with Crippen molar-refractivity contribution in [3.05, 3.63) is 53.5 Å². The third-order valence-electron chi connectivity index (χ3n) is 5.63. The number of carbonyl (C=O) groups excluding carboxylic acids is 1. The van der Waals surface area contributed by atoms with Gasteiger partial charge in [0.1, 0.15) is 0 Å². The number of carbonyl (C=O) groups is 1. The Kier molecular flexibility index (Phi) is 5.40. The molecule has 0 saturated carbocycles. The van der Waals surface area contributed by atoms with Gasteiger partial charge in [0, 0.05) is 24.7 Å². The molecule has 1 amide bonds. The van der Waals surface area contributed by atoms with E-state index in [0.29, 0.717) is 30.1 Å². The first-order valence-corrected chi connectivity index (χ1v) is 11.4. The van der Waals surface area contributed by atoms with Crippen molar-refractivity contribution in [2.24, 2.45) is 5.92 Å². The number of nitrogens with zero attached hydrogens (tertiary/aromatic N) is 5. The average Bonchev–Trinajstić information content (AvgIpc) is 3.33. The summed E-state index contributed by atoms with van der Waals surface area (Å²) in [5.41, 5.74) is 9.81. The van der Waals surface area contributed by atoms with Gasteiger partial charge in [-0.05, 0) is 48.9 Å². The minimum absolute atomic E-state index is 0.0509. The van der Waals surface area contributed by atoms with E-state index in [9.17, 15) is 4.79 Å². The minimum atomic E-state index is -0.0509. The Hall–Kier alpha value is -3.59. The van der Waals surface area contributed by atoms with Crippen molar-refractivity contribution in [1.82, 2.24) is 19.9 Å². The summed E-state index contributed by atoms with van der Waals surface area (Å²) in [6.07, 6.45) is 3.16. The van der Waals surface area contributed by atoms with Crippen LogP contribution in [0.4, 0.5) is 17.5 Å². The van der Waals surface area contributed by atoms with Gasteiger partial charge in [0.25, 0.3) is 0 Å². The van der Waals surface area contributed by atoms with Crippen LogP contribution in [0.25, 0.3) is 21.7 Å². The topological polar surface area (TPSA) is 110 Å². The summed E-state index contributed by atoms with van der Waals surface area (Å²) >= 11 is 1.61. The smallest absolute Gasteiger partial charge is 0.227 e. The lowest BCUT2D eigenvalue weighted by Crippen LogP contribution is -2.39. The molecule has 4 heterocycles. The number of hydrogen-bond donors (Lipinski definition) is 2. The second-order valence-corrected chi connectivity index (χ2v) is 8.88. The molecule has 1 aromatic carbocycles. The molecule has 4 aromatic rings. The van der Waals surface area contributed by atoms with Crippen LogP contribution in [0.15, 0.2) is 48.0 Å². The van der Waals surface area contributed by atoms with E-state index in [0.717, 1.165) is 34.7 Å². The molecule has 32 heavy (non-hydrogen) atoms. The quantitative estimate of drug-likeness (QED) is 0.490. The van der Waals surface area contributed by atoms with Gasteiger partial charge in [-0.2, -0.15) is 9.97 Å². The number of thiophene rings is 1. The SMILES string of the molecule is Cc1cccc(NC(=O)C2CCN(c3nc(N)nc4ncc(-c5cccs5)nc34)CC2)c1. The van der Waals surface area contributed by atoms with E-state index in [-0.39, 0.29) is 17.8 Å². The van der Waals surface area contributed by atoms with Gasteiger partial charge in [-0.3, -0.25) is 4.79 Å². The van der Waals surface area contributed by atoms with Gasteiger partial charge in [-0.25, -0.2) is 9.97 Å². The van der Waals surface area contributed by atoms with Crippen LogP contribution in [0.2, 0.25) is 0 Å². The van der Waals surface area contributed by atoms with E-state index in [1.54, 1.807) is 17.5 Å². The van der Waals surface area contributed by atoms with Crippen LogP contribution in [0.1, 0.15) is 18.4 Å². The summed E-state index contributed by atoms with van der Waals surface area (Å²) in [6.45, 7) is 3.38. The molecular weight excluding hydrogens is 422 g/mol. The number of benzene rings is 1. The van der Waals surface area contributed by atoms with Crippen LogP contribution in [0.3, 0.4) is 0 Å². The van der Waals surface area contributed by atoms with Gasteiger partial charge in [0.15, 0.2) is 17.0 Å². The Morgan fingerprint density at radius 1 is 1.16 bits per heavy atom. The van der Waals surface area contributed by atoms with Crippen LogP contribution in [0, 0.1) is 12.8 Å². The normalized spacial score (nSPS) is 14.6. The van der Waals surface area contributed by atoms with Crippen LogP contribution in [0.5, 0.6) is 0 Å². The predicted molar refractivity (Wildman–Crippen MR) is 128 cm³/mol. The molecule has 0 spiro atoms. The minimum Gasteiger partial charge on any atom is -0.368 e.